The summed E-state index contributed by atoms with van der Waals surface area (Å²) in [6, 6.07) is 13.4. The third-order valence-corrected chi connectivity index (χ3v) is 4.10. The van der Waals surface area contributed by atoms with E-state index >= 15 is 0 Å². The van der Waals surface area contributed by atoms with Gasteiger partial charge in [0.05, 0.1) is 13.4 Å². The molecule has 0 saturated carbocycles. The third kappa shape index (κ3) is 5.51. The van der Waals surface area contributed by atoms with E-state index in [1.807, 2.05) is 0 Å². The third-order valence-electron chi connectivity index (χ3n) is 4.10. The number of carbonyl (C=O) groups excluding carboxylic acids is 4. The topological polar surface area (TPSA) is 136 Å². The summed E-state index contributed by atoms with van der Waals surface area (Å²) in [5.74, 6) is -1.75. The lowest BCUT2D eigenvalue weighted by atomic mass is 10.2. The molecule has 3 amide bonds. The second kappa shape index (κ2) is 9.94. The van der Waals surface area contributed by atoms with Crippen molar-refractivity contribution in [3.63, 3.8) is 0 Å². The molecule has 1 heterocycles. The lowest BCUT2D eigenvalue weighted by Gasteiger charge is -2.11. The Bertz CT molecular complexity index is 1160. The van der Waals surface area contributed by atoms with Crippen molar-refractivity contribution in [1.29, 1.82) is 0 Å². The van der Waals surface area contributed by atoms with Gasteiger partial charge in [0.25, 0.3) is 17.7 Å². The first kappa shape index (κ1) is 22.1. The molecule has 1 aromatic heterocycles. The molecule has 0 radical (unpaired) electrons. The van der Waals surface area contributed by atoms with E-state index in [-0.39, 0.29) is 28.4 Å². The Labute approximate surface area is 182 Å². The molecule has 0 aliphatic heterocycles. The highest BCUT2D eigenvalue weighted by atomic mass is 16.6. The summed E-state index contributed by atoms with van der Waals surface area (Å²) < 4.78 is 15.1. The molecule has 3 N–H and O–H groups in total. The number of hydrogen-bond donors (Lipinski definition) is 3. The molecule has 32 heavy (non-hydrogen) atoms. The van der Waals surface area contributed by atoms with Gasteiger partial charge in [-0.3, -0.25) is 30.0 Å². The predicted molar refractivity (Wildman–Crippen MR) is 112 cm³/mol. The number of hydrogen-bond acceptors (Lipinski definition) is 7. The van der Waals surface area contributed by atoms with Gasteiger partial charge in [0.15, 0.2) is 17.3 Å². The number of hydrazine groups is 1. The second-order valence-corrected chi connectivity index (χ2v) is 6.38. The predicted octanol–water partition coefficient (Wildman–Crippen LogP) is 2.54. The van der Waals surface area contributed by atoms with Crippen molar-refractivity contribution in [2.45, 2.75) is 6.92 Å². The number of methoxy groups -OCH3 is 1. The summed E-state index contributed by atoms with van der Waals surface area (Å²) in [7, 11) is 1.36. The van der Waals surface area contributed by atoms with Gasteiger partial charge >= 0.3 is 5.97 Å². The van der Waals surface area contributed by atoms with Crippen LogP contribution in [0.1, 0.15) is 38.2 Å². The number of anilines is 1. The largest absolute Gasteiger partial charge is 0.493 e. The smallest absolute Gasteiger partial charge is 0.308 e. The minimum atomic E-state index is -0.617. The minimum Gasteiger partial charge on any atom is -0.493 e. The molecular weight excluding hydrogens is 418 g/mol. The van der Waals surface area contributed by atoms with Crippen LogP contribution in [0, 0.1) is 0 Å². The van der Waals surface area contributed by atoms with E-state index in [0.29, 0.717) is 5.69 Å². The zero-order chi connectivity index (χ0) is 23.1. The van der Waals surface area contributed by atoms with Crippen LogP contribution in [-0.2, 0) is 4.79 Å². The van der Waals surface area contributed by atoms with Gasteiger partial charge in [0.1, 0.15) is 0 Å². The lowest BCUT2D eigenvalue weighted by molar-refractivity contribution is -0.132. The van der Waals surface area contributed by atoms with E-state index in [2.05, 4.69) is 16.2 Å². The van der Waals surface area contributed by atoms with Gasteiger partial charge in [-0.15, -0.1) is 0 Å². The molecule has 0 saturated heterocycles. The van der Waals surface area contributed by atoms with E-state index in [0.717, 1.165) is 0 Å². The summed E-state index contributed by atoms with van der Waals surface area (Å²) in [6.45, 7) is 1.24. The Balaban J connectivity index is 1.62. The van der Waals surface area contributed by atoms with E-state index in [9.17, 15) is 19.2 Å². The number of rotatable bonds is 6. The first-order valence-electron chi connectivity index (χ1n) is 9.29. The summed E-state index contributed by atoms with van der Waals surface area (Å²) in [6.07, 6.45) is 1.38. The Morgan fingerprint density at radius 3 is 2.16 bits per heavy atom. The molecule has 164 valence electrons. The zero-order valence-electron chi connectivity index (χ0n) is 17.1. The van der Waals surface area contributed by atoms with E-state index in [4.69, 9.17) is 13.9 Å². The SMILES string of the molecule is COc1cc(C(=O)NNC(=O)c2cccc(NC(=O)c3ccco3)c2)ccc1OC(C)=O. The second-order valence-electron chi connectivity index (χ2n) is 6.38. The first-order valence-corrected chi connectivity index (χ1v) is 9.29. The van der Waals surface area contributed by atoms with Crippen molar-refractivity contribution in [2.24, 2.45) is 0 Å². The van der Waals surface area contributed by atoms with E-state index < -0.39 is 23.7 Å². The Kier molecular flexibility index (Phi) is 6.86. The first-order chi connectivity index (χ1) is 15.4. The summed E-state index contributed by atoms with van der Waals surface area (Å²) in [5.41, 5.74) is 5.32. The van der Waals surface area contributed by atoms with Crippen molar-refractivity contribution in [1.82, 2.24) is 10.9 Å². The average Bonchev–Trinajstić information content (AvgIpc) is 3.32. The van der Waals surface area contributed by atoms with Crippen LogP contribution < -0.4 is 25.6 Å². The molecule has 0 aliphatic carbocycles. The minimum absolute atomic E-state index is 0.127. The molecule has 3 aromatic rings. The van der Waals surface area contributed by atoms with Gasteiger partial charge in [-0.25, -0.2) is 0 Å². The lowest BCUT2D eigenvalue weighted by Crippen LogP contribution is -2.41. The molecule has 0 aliphatic rings. The zero-order valence-corrected chi connectivity index (χ0v) is 17.1. The monoisotopic (exact) mass is 437 g/mol. The maximum atomic E-state index is 12.4. The Hall–Kier alpha value is -4.60. The van der Waals surface area contributed by atoms with Crippen molar-refractivity contribution < 1.29 is 33.1 Å². The number of carbonyl (C=O) groups is 4. The van der Waals surface area contributed by atoms with Crippen molar-refractivity contribution in [3.8, 4) is 11.5 Å². The van der Waals surface area contributed by atoms with Crippen molar-refractivity contribution in [3.05, 3.63) is 77.7 Å². The van der Waals surface area contributed by atoms with Gasteiger partial charge in [-0.1, -0.05) is 6.07 Å². The van der Waals surface area contributed by atoms with Crippen LogP contribution in [0.4, 0.5) is 5.69 Å². The fraction of sp³-hybridized carbons (Fsp3) is 0.0909. The van der Waals surface area contributed by atoms with Gasteiger partial charge in [-0.2, -0.15) is 0 Å². The van der Waals surface area contributed by atoms with Crippen molar-refractivity contribution in [2.75, 3.05) is 12.4 Å². The van der Waals surface area contributed by atoms with E-state index in [1.165, 1.54) is 56.7 Å². The number of amides is 3. The van der Waals surface area contributed by atoms with Gasteiger partial charge in [0, 0.05) is 23.7 Å². The van der Waals surface area contributed by atoms with Gasteiger partial charge in [0.2, 0.25) is 0 Å². The standard InChI is InChI=1S/C22H19N3O7/c1-13(26)32-17-9-8-15(12-19(17)30-2)21(28)25-24-20(27)14-5-3-6-16(11-14)23-22(29)18-7-4-10-31-18/h3-12H,1-2H3,(H,23,29)(H,24,27)(H,25,28). The number of nitrogens with one attached hydrogen (secondary N) is 3. The molecule has 10 heteroatoms. The van der Waals surface area contributed by atoms with Crippen LogP contribution >= 0.6 is 0 Å². The van der Waals surface area contributed by atoms with E-state index in [1.54, 1.807) is 18.2 Å². The fourth-order valence-corrected chi connectivity index (χ4v) is 2.64. The normalized spacial score (nSPS) is 10.1. The number of esters is 1. The summed E-state index contributed by atoms with van der Waals surface area (Å²) in [4.78, 5) is 48.0. The molecular formula is C22H19N3O7. The Morgan fingerprint density at radius 2 is 1.53 bits per heavy atom. The van der Waals surface area contributed by atoms with Gasteiger partial charge < -0.3 is 19.2 Å². The van der Waals surface area contributed by atoms with Crippen LogP contribution in [-0.4, -0.2) is 30.8 Å². The average molecular weight is 437 g/mol. The van der Waals surface area contributed by atoms with Gasteiger partial charge in [-0.05, 0) is 48.5 Å². The summed E-state index contributed by atoms with van der Waals surface area (Å²) in [5, 5.41) is 2.61. The number of benzene rings is 2. The maximum Gasteiger partial charge on any atom is 0.308 e. The van der Waals surface area contributed by atoms with Crippen LogP contribution in [0.3, 0.4) is 0 Å². The van der Waals surface area contributed by atoms with Crippen LogP contribution in [0.15, 0.2) is 65.3 Å². The molecule has 0 fully saturated rings. The van der Waals surface area contributed by atoms with Crippen molar-refractivity contribution >= 4 is 29.4 Å². The molecule has 0 spiro atoms. The van der Waals surface area contributed by atoms with Crippen LogP contribution in [0.2, 0.25) is 0 Å². The molecule has 0 unspecified atom stereocenters. The quantitative estimate of drug-likeness (QED) is 0.306. The number of furan rings is 1. The van der Waals surface area contributed by atoms with Crippen LogP contribution in [0.25, 0.3) is 0 Å². The van der Waals surface area contributed by atoms with Crippen LogP contribution in [0.5, 0.6) is 11.5 Å². The fourth-order valence-electron chi connectivity index (χ4n) is 2.64. The molecule has 0 bridgehead atoms. The highest BCUT2D eigenvalue weighted by Crippen LogP contribution is 2.28. The molecule has 10 nitrogen and oxygen atoms in total. The number of ether oxygens (including phenoxy) is 2. The molecule has 3 rings (SSSR count). The maximum absolute atomic E-state index is 12.4. The molecule has 2 aromatic carbocycles. The highest BCUT2D eigenvalue weighted by Gasteiger charge is 2.15. The highest BCUT2D eigenvalue weighted by molar-refractivity contribution is 6.04. The molecule has 0 atom stereocenters. The summed E-state index contributed by atoms with van der Waals surface area (Å²) >= 11 is 0. The Morgan fingerprint density at radius 1 is 0.812 bits per heavy atom.